The molecule has 2 aromatic rings. The average molecular weight is 222 g/mol. The fourth-order valence-electron chi connectivity index (χ4n) is 1.11. The average Bonchev–Trinajstić information content (AvgIpc) is 2.79. The summed E-state index contributed by atoms with van der Waals surface area (Å²) in [6.45, 7) is 0. The Hall–Kier alpha value is -1.82. The largest absolute Gasteiger partial charge is 0.324 e. The number of amides is 2. The van der Waals surface area contributed by atoms with Crippen molar-refractivity contribution in [3.05, 3.63) is 29.1 Å². The first kappa shape index (κ1) is 9.72. The van der Waals surface area contributed by atoms with Gasteiger partial charge in [-0.15, -0.1) is 0 Å². The smallest absolute Gasteiger partial charge is 0.307 e. The zero-order valence-electron chi connectivity index (χ0n) is 8.10. The predicted molar refractivity (Wildman–Crippen MR) is 60.2 cm³/mol. The maximum absolute atomic E-state index is 11.5. The zero-order valence-corrected chi connectivity index (χ0v) is 8.91. The number of rotatable bonds is 2. The zero-order chi connectivity index (χ0) is 10.7. The van der Waals surface area contributed by atoms with Gasteiger partial charge in [-0.25, -0.2) is 4.79 Å². The molecular formula is C9H10N4OS. The van der Waals surface area contributed by atoms with Crippen LogP contribution < -0.4 is 10.6 Å². The first-order valence-corrected chi connectivity index (χ1v) is 5.28. The topological polar surface area (TPSA) is 59.0 Å². The van der Waals surface area contributed by atoms with E-state index in [0.29, 0.717) is 5.82 Å². The van der Waals surface area contributed by atoms with Crippen molar-refractivity contribution in [1.29, 1.82) is 0 Å². The van der Waals surface area contributed by atoms with E-state index >= 15 is 0 Å². The maximum atomic E-state index is 11.5. The number of hydrogen-bond donors (Lipinski definition) is 2. The molecule has 15 heavy (non-hydrogen) atoms. The Morgan fingerprint density at radius 2 is 2.33 bits per heavy atom. The number of anilines is 2. The van der Waals surface area contributed by atoms with Gasteiger partial charge in [-0.2, -0.15) is 16.4 Å². The Kier molecular flexibility index (Phi) is 2.68. The second-order valence-corrected chi connectivity index (χ2v) is 3.71. The lowest BCUT2D eigenvalue weighted by Crippen LogP contribution is -2.20. The first-order valence-electron chi connectivity index (χ1n) is 4.34. The van der Waals surface area contributed by atoms with Gasteiger partial charge in [-0.05, 0) is 11.4 Å². The maximum Gasteiger partial charge on any atom is 0.324 e. The van der Waals surface area contributed by atoms with E-state index in [0.717, 1.165) is 5.69 Å². The number of nitrogens with one attached hydrogen (secondary N) is 2. The van der Waals surface area contributed by atoms with Gasteiger partial charge in [-0.3, -0.25) is 10.00 Å². The number of hydrogen-bond acceptors (Lipinski definition) is 3. The number of thiophene rings is 1. The molecule has 0 aliphatic rings. The van der Waals surface area contributed by atoms with Crippen LogP contribution in [0.5, 0.6) is 0 Å². The summed E-state index contributed by atoms with van der Waals surface area (Å²) in [7, 11) is 1.76. The lowest BCUT2D eigenvalue weighted by molar-refractivity contribution is 0.262. The molecule has 0 saturated carbocycles. The van der Waals surface area contributed by atoms with Crippen molar-refractivity contribution in [2.24, 2.45) is 7.05 Å². The predicted octanol–water partition coefficient (Wildman–Crippen LogP) is 2.13. The molecule has 0 unspecified atom stereocenters. The quantitative estimate of drug-likeness (QED) is 0.817. The van der Waals surface area contributed by atoms with Crippen LogP contribution in [0.3, 0.4) is 0 Å². The molecule has 0 atom stereocenters. The molecular weight excluding hydrogens is 212 g/mol. The number of carbonyl (C=O) groups is 1. The minimum atomic E-state index is -0.267. The second-order valence-electron chi connectivity index (χ2n) is 2.93. The van der Waals surface area contributed by atoms with E-state index < -0.39 is 0 Å². The number of urea groups is 1. The van der Waals surface area contributed by atoms with Gasteiger partial charge in [-0.1, -0.05) is 0 Å². The number of aryl methyl sites for hydroxylation is 1. The van der Waals surface area contributed by atoms with Crippen molar-refractivity contribution < 1.29 is 4.79 Å². The lowest BCUT2D eigenvalue weighted by Gasteiger charge is -2.05. The summed E-state index contributed by atoms with van der Waals surface area (Å²) in [5, 5.41) is 13.1. The van der Waals surface area contributed by atoms with E-state index in [9.17, 15) is 4.79 Å². The van der Waals surface area contributed by atoms with Crippen LogP contribution in [0.25, 0.3) is 0 Å². The van der Waals surface area contributed by atoms with Crippen molar-refractivity contribution in [2.75, 3.05) is 10.6 Å². The fraction of sp³-hybridized carbons (Fsp3) is 0.111. The minimum absolute atomic E-state index is 0.267. The van der Waals surface area contributed by atoms with Crippen LogP contribution in [0.15, 0.2) is 29.1 Å². The van der Waals surface area contributed by atoms with Crippen LogP contribution in [-0.4, -0.2) is 15.8 Å². The van der Waals surface area contributed by atoms with Crippen LogP contribution in [0.2, 0.25) is 0 Å². The second kappa shape index (κ2) is 4.14. The van der Waals surface area contributed by atoms with E-state index in [1.807, 2.05) is 16.8 Å². The molecule has 2 amide bonds. The molecule has 0 aliphatic heterocycles. The third-order valence-corrected chi connectivity index (χ3v) is 2.52. The van der Waals surface area contributed by atoms with E-state index in [4.69, 9.17) is 0 Å². The van der Waals surface area contributed by atoms with E-state index in [1.54, 1.807) is 24.0 Å². The first-order chi connectivity index (χ1) is 7.25. The lowest BCUT2D eigenvalue weighted by atomic mass is 10.5. The number of aromatic nitrogens is 2. The molecule has 6 heteroatoms. The molecule has 0 saturated heterocycles. The Labute approximate surface area is 90.7 Å². The molecule has 5 nitrogen and oxygen atoms in total. The molecule has 2 rings (SSSR count). The fourth-order valence-corrected chi connectivity index (χ4v) is 1.70. The van der Waals surface area contributed by atoms with Crippen LogP contribution in [-0.2, 0) is 7.05 Å². The Morgan fingerprint density at radius 3 is 2.93 bits per heavy atom. The van der Waals surface area contributed by atoms with Crippen LogP contribution in [0.1, 0.15) is 0 Å². The molecule has 0 aromatic carbocycles. The molecule has 2 N–H and O–H groups in total. The van der Waals surface area contributed by atoms with Crippen molar-refractivity contribution >= 4 is 28.9 Å². The third kappa shape index (κ3) is 2.35. The normalized spacial score (nSPS) is 9.93. The minimum Gasteiger partial charge on any atom is -0.307 e. The van der Waals surface area contributed by atoms with Crippen LogP contribution in [0, 0.1) is 0 Å². The van der Waals surface area contributed by atoms with Gasteiger partial charge in [0.05, 0.1) is 11.9 Å². The van der Waals surface area contributed by atoms with Crippen LogP contribution in [0.4, 0.5) is 16.3 Å². The van der Waals surface area contributed by atoms with Gasteiger partial charge in [0.1, 0.15) is 5.82 Å². The molecule has 2 aromatic heterocycles. The molecule has 0 radical (unpaired) electrons. The summed E-state index contributed by atoms with van der Waals surface area (Å²) in [6.07, 6.45) is 1.63. The highest BCUT2D eigenvalue weighted by Gasteiger charge is 2.04. The summed E-state index contributed by atoms with van der Waals surface area (Å²) < 4.78 is 1.59. The van der Waals surface area contributed by atoms with Gasteiger partial charge < -0.3 is 5.32 Å². The van der Waals surface area contributed by atoms with E-state index in [1.165, 1.54) is 11.3 Å². The van der Waals surface area contributed by atoms with Gasteiger partial charge in [0.2, 0.25) is 0 Å². The van der Waals surface area contributed by atoms with E-state index in [2.05, 4.69) is 15.7 Å². The summed E-state index contributed by atoms with van der Waals surface area (Å²) in [6, 6.07) is 3.30. The molecule has 78 valence electrons. The standard InChI is InChI=1S/C9H10N4OS/c1-13-8(2-4-10-13)12-9(14)11-7-3-5-15-6-7/h2-6H,1H3,(H2,11,12,14). The molecule has 0 spiro atoms. The van der Waals surface area contributed by atoms with Gasteiger partial charge in [0, 0.05) is 18.5 Å². The Morgan fingerprint density at radius 1 is 1.47 bits per heavy atom. The van der Waals surface area contributed by atoms with Crippen LogP contribution >= 0.6 is 11.3 Å². The van der Waals surface area contributed by atoms with Crippen molar-refractivity contribution in [2.45, 2.75) is 0 Å². The summed E-state index contributed by atoms with van der Waals surface area (Å²) >= 11 is 1.53. The molecule has 0 aliphatic carbocycles. The Bertz CT molecular complexity index is 448. The summed E-state index contributed by atoms with van der Waals surface area (Å²) in [5.41, 5.74) is 0.791. The number of carbonyl (C=O) groups excluding carboxylic acids is 1. The summed E-state index contributed by atoms with van der Waals surface area (Å²) in [4.78, 5) is 11.5. The molecule has 2 heterocycles. The highest BCUT2D eigenvalue weighted by molar-refractivity contribution is 7.08. The van der Waals surface area contributed by atoms with Gasteiger partial charge >= 0.3 is 6.03 Å². The molecule has 0 bridgehead atoms. The molecule has 0 fully saturated rings. The van der Waals surface area contributed by atoms with E-state index in [-0.39, 0.29) is 6.03 Å². The van der Waals surface area contributed by atoms with Crippen molar-refractivity contribution in [3.8, 4) is 0 Å². The van der Waals surface area contributed by atoms with Crippen molar-refractivity contribution in [1.82, 2.24) is 9.78 Å². The third-order valence-electron chi connectivity index (χ3n) is 1.84. The number of nitrogens with zero attached hydrogens (tertiary/aromatic N) is 2. The SMILES string of the molecule is Cn1nccc1NC(=O)Nc1ccsc1. The van der Waals surface area contributed by atoms with Gasteiger partial charge in [0.15, 0.2) is 0 Å². The monoisotopic (exact) mass is 222 g/mol. The highest BCUT2D eigenvalue weighted by Crippen LogP contribution is 2.12. The summed E-state index contributed by atoms with van der Waals surface area (Å²) in [5.74, 6) is 0.655. The Balaban J connectivity index is 1.96. The van der Waals surface area contributed by atoms with Gasteiger partial charge in [0.25, 0.3) is 0 Å². The highest BCUT2D eigenvalue weighted by atomic mass is 32.1. The van der Waals surface area contributed by atoms with Crippen molar-refractivity contribution in [3.63, 3.8) is 0 Å².